The second-order valence-corrected chi connectivity index (χ2v) is 9.25. The Morgan fingerprint density at radius 1 is 1.11 bits per heavy atom. The van der Waals surface area contributed by atoms with Gasteiger partial charge in [-0.05, 0) is 37.1 Å². The Balaban J connectivity index is 1.38. The number of methoxy groups -OCH3 is 1. The summed E-state index contributed by atoms with van der Waals surface area (Å²) in [5, 5.41) is 24.9. The lowest BCUT2D eigenvalue weighted by Gasteiger charge is -2.25. The first kappa shape index (κ1) is 23.0. The average molecular weight is 493 g/mol. The van der Waals surface area contributed by atoms with Crippen molar-refractivity contribution in [2.24, 2.45) is 0 Å². The molecule has 0 radical (unpaired) electrons. The van der Waals surface area contributed by atoms with Gasteiger partial charge in [-0.25, -0.2) is 0 Å². The maximum Gasteiger partial charge on any atom is 0.270 e. The summed E-state index contributed by atoms with van der Waals surface area (Å²) >= 11 is 1.49. The van der Waals surface area contributed by atoms with Gasteiger partial charge in [0.1, 0.15) is 5.75 Å². The molecule has 0 saturated heterocycles. The topological polar surface area (TPSA) is 122 Å². The van der Waals surface area contributed by atoms with Crippen LogP contribution in [0.4, 0.5) is 5.69 Å². The number of benzene rings is 2. The smallest absolute Gasteiger partial charge is 0.270 e. The Hall–Kier alpha value is -3.73. The van der Waals surface area contributed by atoms with Gasteiger partial charge in [-0.15, -0.1) is 10.2 Å². The van der Waals surface area contributed by atoms with E-state index in [4.69, 9.17) is 9.26 Å². The van der Waals surface area contributed by atoms with Crippen molar-refractivity contribution < 1.29 is 14.2 Å². The highest BCUT2D eigenvalue weighted by atomic mass is 32.2. The largest absolute Gasteiger partial charge is 0.497 e. The number of rotatable bonds is 8. The van der Waals surface area contributed by atoms with E-state index in [2.05, 4.69) is 24.9 Å². The number of non-ortho nitro benzene ring substituents is 1. The molecule has 10 nitrogen and oxygen atoms in total. The van der Waals surface area contributed by atoms with Crippen molar-refractivity contribution in [3.8, 4) is 28.5 Å². The van der Waals surface area contributed by atoms with E-state index in [0.29, 0.717) is 29.1 Å². The normalized spacial score (nSPS) is 14.2. The molecule has 0 aliphatic heterocycles. The molecule has 180 valence electrons. The predicted molar refractivity (Wildman–Crippen MR) is 130 cm³/mol. The van der Waals surface area contributed by atoms with Gasteiger partial charge >= 0.3 is 0 Å². The zero-order valence-corrected chi connectivity index (χ0v) is 20.0. The fourth-order valence-electron chi connectivity index (χ4n) is 4.30. The third-order valence-electron chi connectivity index (χ3n) is 6.06. The maximum absolute atomic E-state index is 11.1. The molecule has 0 bridgehead atoms. The number of thioether (sulfide) groups is 1. The van der Waals surface area contributed by atoms with Gasteiger partial charge in [-0.2, -0.15) is 4.98 Å². The first-order valence-corrected chi connectivity index (χ1v) is 12.4. The molecule has 2 heterocycles. The first-order chi connectivity index (χ1) is 17.1. The van der Waals surface area contributed by atoms with E-state index in [1.165, 1.54) is 43.2 Å². The molecule has 1 aliphatic carbocycles. The molecule has 0 amide bonds. The van der Waals surface area contributed by atoms with Crippen molar-refractivity contribution >= 4 is 17.4 Å². The van der Waals surface area contributed by atoms with Gasteiger partial charge in [0.25, 0.3) is 5.69 Å². The number of nitro groups is 1. The SMILES string of the molecule is COc1ccc(-c2nnc(SCc3nc(-c4cccc([N+](=O)[O-])c4)no3)n2C2CCCCC2)cc1. The third kappa shape index (κ3) is 5.04. The molecule has 4 aromatic rings. The summed E-state index contributed by atoms with van der Waals surface area (Å²) in [4.78, 5) is 15.0. The van der Waals surface area contributed by atoms with E-state index in [-0.39, 0.29) is 5.69 Å². The molecular weight excluding hydrogens is 468 g/mol. The summed E-state index contributed by atoms with van der Waals surface area (Å²) in [7, 11) is 1.65. The zero-order chi connectivity index (χ0) is 24.2. The molecule has 0 unspecified atom stereocenters. The average Bonchev–Trinajstić information content (AvgIpc) is 3.55. The summed E-state index contributed by atoms with van der Waals surface area (Å²) in [5.74, 6) is 2.78. The van der Waals surface area contributed by atoms with Crippen molar-refractivity contribution in [1.29, 1.82) is 0 Å². The molecular formula is C24H24N6O4S. The summed E-state index contributed by atoms with van der Waals surface area (Å²) < 4.78 is 13.0. The molecule has 2 aromatic carbocycles. The standard InChI is InChI=1S/C24H24N6O4S/c1-33-20-12-10-16(11-13-20)23-26-27-24(29(23)18-7-3-2-4-8-18)35-15-21-25-22(28-34-21)17-6-5-9-19(14-17)30(31)32/h5-6,9-14,18H,2-4,7-8,15H2,1H3. The molecule has 5 rings (SSSR count). The van der Waals surface area contributed by atoms with Crippen molar-refractivity contribution in [3.63, 3.8) is 0 Å². The number of ether oxygens (including phenoxy) is 1. The van der Waals surface area contributed by atoms with Gasteiger partial charge in [0, 0.05) is 29.3 Å². The van der Waals surface area contributed by atoms with E-state index in [0.717, 1.165) is 35.1 Å². The number of hydrogen-bond donors (Lipinski definition) is 0. The van der Waals surface area contributed by atoms with Gasteiger partial charge in [-0.1, -0.05) is 48.3 Å². The van der Waals surface area contributed by atoms with Gasteiger partial charge in [-0.3, -0.25) is 14.7 Å². The minimum absolute atomic E-state index is 0.0186. The molecule has 0 atom stereocenters. The van der Waals surface area contributed by atoms with Crippen LogP contribution in [0, 0.1) is 10.1 Å². The van der Waals surface area contributed by atoms with Crippen LogP contribution in [-0.2, 0) is 5.75 Å². The lowest BCUT2D eigenvalue weighted by atomic mass is 9.95. The Bertz CT molecular complexity index is 1310. The maximum atomic E-state index is 11.1. The molecule has 1 fully saturated rings. The molecule has 11 heteroatoms. The van der Waals surface area contributed by atoms with Crippen LogP contribution in [0.15, 0.2) is 58.2 Å². The molecule has 0 spiro atoms. The number of nitro benzene ring substituents is 1. The monoisotopic (exact) mass is 492 g/mol. The van der Waals surface area contributed by atoms with Gasteiger partial charge in [0.2, 0.25) is 11.7 Å². The summed E-state index contributed by atoms with van der Waals surface area (Å²) in [6.45, 7) is 0. The van der Waals surface area contributed by atoms with E-state index in [9.17, 15) is 10.1 Å². The molecule has 1 aliphatic rings. The number of aromatic nitrogens is 5. The highest BCUT2D eigenvalue weighted by molar-refractivity contribution is 7.98. The second kappa shape index (κ2) is 10.3. The number of hydrogen-bond acceptors (Lipinski definition) is 9. The fraction of sp³-hybridized carbons (Fsp3) is 0.333. The van der Waals surface area contributed by atoms with E-state index < -0.39 is 4.92 Å². The third-order valence-corrected chi connectivity index (χ3v) is 6.99. The lowest BCUT2D eigenvalue weighted by molar-refractivity contribution is -0.384. The zero-order valence-electron chi connectivity index (χ0n) is 19.2. The molecule has 0 N–H and O–H groups in total. The minimum atomic E-state index is -0.446. The summed E-state index contributed by atoms with van der Waals surface area (Å²) in [6, 6.07) is 14.4. The summed E-state index contributed by atoms with van der Waals surface area (Å²) in [6.07, 6.45) is 5.80. The highest BCUT2D eigenvalue weighted by Gasteiger charge is 2.24. The van der Waals surface area contributed by atoms with Gasteiger partial charge in [0.15, 0.2) is 11.0 Å². The van der Waals surface area contributed by atoms with E-state index >= 15 is 0 Å². The Kier molecular flexibility index (Phi) is 6.75. The Morgan fingerprint density at radius 3 is 2.66 bits per heavy atom. The van der Waals surface area contributed by atoms with Crippen LogP contribution >= 0.6 is 11.8 Å². The van der Waals surface area contributed by atoms with Crippen LogP contribution in [0.3, 0.4) is 0 Å². The second-order valence-electron chi connectivity index (χ2n) is 8.30. The minimum Gasteiger partial charge on any atom is -0.497 e. The van der Waals surface area contributed by atoms with Crippen LogP contribution in [0.1, 0.15) is 44.0 Å². The Morgan fingerprint density at radius 2 is 1.91 bits per heavy atom. The van der Waals surface area contributed by atoms with Crippen molar-refractivity contribution in [3.05, 3.63) is 64.5 Å². The van der Waals surface area contributed by atoms with Crippen molar-refractivity contribution in [2.75, 3.05) is 7.11 Å². The van der Waals surface area contributed by atoms with Crippen molar-refractivity contribution in [1.82, 2.24) is 24.9 Å². The van der Waals surface area contributed by atoms with Gasteiger partial charge < -0.3 is 9.26 Å². The van der Waals surface area contributed by atoms with Crippen LogP contribution in [0.5, 0.6) is 5.75 Å². The van der Waals surface area contributed by atoms with Crippen LogP contribution in [0.2, 0.25) is 0 Å². The van der Waals surface area contributed by atoms with Crippen LogP contribution in [-0.4, -0.2) is 36.9 Å². The van der Waals surface area contributed by atoms with Gasteiger partial charge in [0.05, 0.1) is 17.8 Å². The van der Waals surface area contributed by atoms with E-state index in [1.54, 1.807) is 19.2 Å². The first-order valence-electron chi connectivity index (χ1n) is 11.4. The molecule has 2 aromatic heterocycles. The molecule has 1 saturated carbocycles. The molecule has 35 heavy (non-hydrogen) atoms. The fourth-order valence-corrected chi connectivity index (χ4v) is 5.14. The summed E-state index contributed by atoms with van der Waals surface area (Å²) in [5.41, 5.74) is 1.50. The van der Waals surface area contributed by atoms with E-state index in [1.807, 2.05) is 24.3 Å². The predicted octanol–water partition coefficient (Wildman–Crippen LogP) is 5.71. The highest BCUT2D eigenvalue weighted by Crippen LogP contribution is 2.36. The number of nitrogens with zero attached hydrogens (tertiary/aromatic N) is 6. The van der Waals surface area contributed by atoms with Crippen molar-refractivity contribution in [2.45, 2.75) is 49.1 Å². The quantitative estimate of drug-likeness (QED) is 0.173. The Labute approximate surface area is 205 Å². The van der Waals surface area contributed by atoms with Crippen LogP contribution in [0.25, 0.3) is 22.8 Å². The van der Waals surface area contributed by atoms with Crippen LogP contribution < -0.4 is 4.74 Å². The lowest BCUT2D eigenvalue weighted by Crippen LogP contribution is -2.15.